The number of hydrogen-bond acceptors (Lipinski definition) is 4. The van der Waals surface area contributed by atoms with Gasteiger partial charge in [0, 0.05) is 23.9 Å². The van der Waals surface area contributed by atoms with Crippen LogP contribution in [-0.2, 0) is 0 Å². The van der Waals surface area contributed by atoms with Crippen LogP contribution >= 0.6 is 0 Å². The fourth-order valence-electron chi connectivity index (χ4n) is 1.69. The third-order valence-electron chi connectivity index (χ3n) is 2.84. The van der Waals surface area contributed by atoms with E-state index in [1.807, 2.05) is 24.3 Å². The lowest BCUT2D eigenvalue weighted by molar-refractivity contribution is -0.384. The van der Waals surface area contributed by atoms with Crippen LogP contribution in [0.15, 0.2) is 53.5 Å². The highest BCUT2D eigenvalue weighted by Gasteiger charge is 2.01. The average molecular weight is 294 g/mol. The van der Waals surface area contributed by atoms with E-state index in [9.17, 15) is 10.1 Å². The minimum absolute atomic E-state index is 0.0662. The molecule has 0 heterocycles. The highest BCUT2D eigenvalue weighted by atomic mass is 16.6. The van der Waals surface area contributed by atoms with Gasteiger partial charge >= 0.3 is 0 Å². The van der Waals surface area contributed by atoms with Gasteiger partial charge in [-0.2, -0.15) is 0 Å². The third-order valence-corrected chi connectivity index (χ3v) is 2.84. The molecule has 110 valence electrons. The predicted molar refractivity (Wildman–Crippen MR) is 85.4 cm³/mol. The van der Waals surface area contributed by atoms with Crippen molar-refractivity contribution >= 4 is 11.9 Å². The smallest absolute Gasteiger partial charge is 0.269 e. The largest absolute Gasteiger partial charge is 0.497 e. The van der Waals surface area contributed by atoms with Gasteiger partial charge in [0.1, 0.15) is 12.3 Å². The summed E-state index contributed by atoms with van der Waals surface area (Å²) in [5.74, 6) is 6.73. The van der Waals surface area contributed by atoms with Gasteiger partial charge in [-0.15, -0.1) is 0 Å². The number of ether oxygens (including phenoxy) is 1. The molecule has 22 heavy (non-hydrogen) atoms. The molecule has 0 unspecified atom stereocenters. The van der Waals surface area contributed by atoms with Crippen LogP contribution in [0.3, 0.4) is 0 Å². The Morgan fingerprint density at radius 2 is 1.86 bits per heavy atom. The Morgan fingerprint density at radius 1 is 1.18 bits per heavy atom. The summed E-state index contributed by atoms with van der Waals surface area (Å²) in [7, 11) is 1.62. The standard InChI is InChI=1S/C17H14N2O3/c1-22-17-10-6-14(7-11-17)3-2-12-18-13-15-4-8-16(9-5-15)19(20)21/h4-11,13H,12H2,1H3. The van der Waals surface area contributed by atoms with Gasteiger partial charge in [-0.05, 0) is 42.0 Å². The fraction of sp³-hybridized carbons (Fsp3) is 0.118. The summed E-state index contributed by atoms with van der Waals surface area (Å²) in [5, 5.41) is 10.5. The normalized spacial score (nSPS) is 10.0. The van der Waals surface area contributed by atoms with Crippen molar-refractivity contribution in [2.45, 2.75) is 0 Å². The molecule has 0 bridgehead atoms. The van der Waals surface area contributed by atoms with Crippen molar-refractivity contribution in [1.82, 2.24) is 0 Å². The second-order valence-corrected chi connectivity index (χ2v) is 4.35. The summed E-state index contributed by atoms with van der Waals surface area (Å²) >= 11 is 0. The first kappa shape index (κ1) is 15.3. The van der Waals surface area contributed by atoms with E-state index >= 15 is 0 Å². The average Bonchev–Trinajstić information content (AvgIpc) is 2.55. The van der Waals surface area contributed by atoms with Crippen LogP contribution in [0.5, 0.6) is 5.75 Å². The number of nitro groups is 1. The molecular formula is C17H14N2O3. The topological polar surface area (TPSA) is 64.7 Å². The molecule has 0 amide bonds. The molecule has 0 N–H and O–H groups in total. The minimum atomic E-state index is -0.429. The number of methoxy groups -OCH3 is 1. The van der Waals surface area contributed by atoms with Crippen molar-refractivity contribution in [1.29, 1.82) is 0 Å². The quantitative estimate of drug-likeness (QED) is 0.377. The van der Waals surface area contributed by atoms with Crippen molar-refractivity contribution < 1.29 is 9.66 Å². The molecule has 0 aliphatic rings. The van der Waals surface area contributed by atoms with Crippen molar-refractivity contribution in [3.8, 4) is 17.6 Å². The Morgan fingerprint density at radius 3 is 2.45 bits per heavy atom. The van der Waals surface area contributed by atoms with Crippen LogP contribution in [0.25, 0.3) is 0 Å². The predicted octanol–water partition coefficient (Wildman–Crippen LogP) is 3.07. The molecule has 0 saturated heterocycles. The summed E-state index contributed by atoms with van der Waals surface area (Å²) in [6.07, 6.45) is 1.65. The number of hydrogen-bond donors (Lipinski definition) is 0. The lowest BCUT2D eigenvalue weighted by Gasteiger charge is -1.97. The molecule has 2 aromatic carbocycles. The molecule has 0 aliphatic carbocycles. The highest BCUT2D eigenvalue weighted by Crippen LogP contribution is 2.11. The first-order chi connectivity index (χ1) is 10.7. The molecule has 5 heteroatoms. The van der Waals surface area contributed by atoms with Crippen molar-refractivity contribution in [3.63, 3.8) is 0 Å². The van der Waals surface area contributed by atoms with Gasteiger partial charge in [0.15, 0.2) is 0 Å². The lowest BCUT2D eigenvalue weighted by atomic mass is 10.2. The van der Waals surface area contributed by atoms with E-state index in [1.165, 1.54) is 12.1 Å². The second-order valence-electron chi connectivity index (χ2n) is 4.35. The Balaban J connectivity index is 1.90. The molecule has 0 radical (unpaired) electrons. The van der Waals surface area contributed by atoms with E-state index in [4.69, 9.17) is 4.74 Å². The zero-order chi connectivity index (χ0) is 15.8. The van der Waals surface area contributed by atoms with E-state index < -0.39 is 4.92 Å². The van der Waals surface area contributed by atoms with Gasteiger partial charge in [-0.25, -0.2) is 0 Å². The van der Waals surface area contributed by atoms with E-state index in [0.29, 0.717) is 6.54 Å². The lowest BCUT2D eigenvalue weighted by Crippen LogP contribution is -1.88. The number of aliphatic imine (C=N–C) groups is 1. The number of benzene rings is 2. The molecular weight excluding hydrogens is 280 g/mol. The molecule has 0 atom stereocenters. The fourth-order valence-corrected chi connectivity index (χ4v) is 1.69. The zero-order valence-electron chi connectivity index (χ0n) is 12.0. The van der Waals surface area contributed by atoms with Crippen LogP contribution in [0.1, 0.15) is 11.1 Å². The third kappa shape index (κ3) is 4.46. The van der Waals surface area contributed by atoms with E-state index in [0.717, 1.165) is 16.9 Å². The molecule has 0 saturated carbocycles. The maximum absolute atomic E-state index is 10.5. The molecule has 0 spiro atoms. The van der Waals surface area contributed by atoms with Crippen molar-refractivity contribution in [3.05, 3.63) is 69.8 Å². The Labute approximate surface area is 128 Å². The summed E-state index contributed by atoms with van der Waals surface area (Å²) in [5.41, 5.74) is 1.76. The Hall–Kier alpha value is -3.13. The number of rotatable bonds is 4. The summed E-state index contributed by atoms with van der Waals surface area (Å²) in [6, 6.07) is 13.7. The van der Waals surface area contributed by atoms with E-state index in [1.54, 1.807) is 25.5 Å². The maximum atomic E-state index is 10.5. The van der Waals surface area contributed by atoms with Gasteiger partial charge in [0.05, 0.1) is 12.0 Å². The summed E-state index contributed by atoms with van der Waals surface area (Å²) < 4.78 is 5.07. The first-order valence-corrected chi connectivity index (χ1v) is 6.56. The molecule has 0 fully saturated rings. The van der Waals surface area contributed by atoms with Crippen LogP contribution in [0, 0.1) is 22.0 Å². The van der Waals surface area contributed by atoms with Crippen molar-refractivity contribution in [2.24, 2.45) is 4.99 Å². The Kier molecular flexibility index (Phi) is 5.27. The van der Waals surface area contributed by atoms with Crippen LogP contribution in [-0.4, -0.2) is 24.8 Å². The SMILES string of the molecule is COc1ccc(C#CCN=Cc2ccc([N+](=O)[O-])cc2)cc1. The summed E-state index contributed by atoms with van der Waals surface area (Å²) in [6.45, 7) is 0.364. The first-order valence-electron chi connectivity index (χ1n) is 6.56. The highest BCUT2D eigenvalue weighted by molar-refractivity contribution is 5.80. The number of nitrogens with zero attached hydrogens (tertiary/aromatic N) is 2. The number of nitro benzene ring substituents is 1. The van der Waals surface area contributed by atoms with Crippen LogP contribution < -0.4 is 4.74 Å². The van der Waals surface area contributed by atoms with E-state index in [2.05, 4.69) is 16.8 Å². The van der Waals surface area contributed by atoms with E-state index in [-0.39, 0.29) is 5.69 Å². The zero-order valence-corrected chi connectivity index (χ0v) is 12.0. The molecule has 0 aromatic heterocycles. The summed E-state index contributed by atoms with van der Waals surface area (Å²) in [4.78, 5) is 14.3. The van der Waals surface area contributed by atoms with Gasteiger partial charge in [0.2, 0.25) is 0 Å². The molecule has 5 nitrogen and oxygen atoms in total. The molecule has 2 rings (SSSR count). The Bertz CT molecular complexity index is 723. The second kappa shape index (κ2) is 7.60. The van der Waals surface area contributed by atoms with Gasteiger partial charge in [-0.3, -0.25) is 15.1 Å². The minimum Gasteiger partial charge on any atom is -0.497 e. The van der Waals surface area contributed by atoms with Gasteiger partial charge in [-0.1, -0.05) is 11.8 Å². The monoisotopic (exact) mass is 294 g/mol. The maximum Gasteiger partial charge on any atom is 0.269 e. The molecule has 2 aromatic rings. The van der Waals surface area contributed by atoms with Crippen LogP contribution in [0.4, 0.5) is 5.69 Å². The molecule has 0 aliphatic heterocycles. The number of non-ortho nitro benzene ring substituents is 1. The van der Waals surface area contributed by atoms with Gasteiger partial charge in [0.25, 0.3) is 5.69 Å². The van der Waals surface area contributed by atoms with Gasteiger partial charge < -0.3 is 4.74 Å². The van der Waals surface area contributed by atoms with Crippen molar-refractivity contribution in [2.75, 3.05) is 13.7 Å². The van der Waals surface area contributed by atoms with Crippen LogP contribution in [0.2, 0.25) is 0 Å².